The van der Waals surface area contributed by atoms with Gasteiger partial charge in [-0.05, 0) is 25.6 Å². The fraction of sp³-hybridized carbons (Fsp3) is 0.500. The number of nitrogens with two attached hydrogens (primary N) is 1. The molecule has 0 aliphatic carbocycles. The van der Waals surface area contributed by atoms with E-state index in [1.165, 1.54) is 0 Å². The smallest absolute Gasteiger partial charge is 0.225 e. The molecular formula is C14H19Cl2N3O2. The molecule has 1 aliphatic heterocycles. The summed E-state index contributed by atoms with van der Waals surface area (Å²) in [7, 11) is 2.00. The van der Waals surface area contributed by atoms with E-state index in [9.17, 15) is 4.79 Å². The minimum Gasteiger partial charge on any atom is -0.397 e. The molecule has 0 bridgehead atoms. The average Bonchev–Trinajstić information content (AvgIpc) is 2.94. The van der Waals surface area contributed by atoms with Gasteiger partial charge >= 0.3 is 0 Å². The lowest BCUT2D eigenvalue weighted by Crippen LogP contribution is -2.34. The summed E-state index contributed by atoms with van der Waals surface area (Å²) in [5.41, 5.74) is 6.59. The number of halogens is 2. The summed E-state index contributed by atoms with van der Waals surface area (Å²) >= 11 is 11.9. The largest absolute Gasteiger partial charge is 0.397 e. The van der Waals surface area contributed by atoms with Gasteiger partial charge in [-0.25, -0.2) is 0 Å². The maximum Gasteiger partial charge on any atom is 0.225 e. The Morgan fingerprint density at radius 1 is 1.52 bits per heavy atom. The van der Waals surface area contributed by atoms with E-state index in [1.807, 2.05) is 7.05 Å². The molecule has 116 valence electrons. The van der Waals surface area contributed by atoms with Crippen molar-refractivity contribution in [1.29, 1.82) is 0 Å². The fourth-order valence-electron chi connectivity index (χ4n) is 2.26. The number of ether oxygens (including phenoxy) is 1. The summed E-state index contributed by atoms with van der Waals surface area (Å²) in [4.78, 5) is 14.1. The normalized spacial score (nSPS) is 18.2. The standard InChI is InChI=1S/C14H19Cl2N3O2/c1-19(10-3-5-21-8-10)4-2-13(20)18-14-11(16)6-9(15)7-12(14)17/h6-7,10H,2-5,8,17H2,1H3,(H,18,20). The quantitative estimate of drug-likeness (QED) is 0.814. The highest BCUT2D eigenvalue weighted by Crippen LogP contribution is 2.32. The molecule has 3 N–H and O–H groups in total. The molecule has 7 heteroatoms. The molecule has 1 aromatic rings. The van der Waals surface area contributed by atoms with Gasteiger partial charge in [0, 0.05) is 30.6 Å². The van der Waals surface area contributed by atoms with Crippen molar-refractivity contribution in [3.05, 3.63) is 22.2 Å². The number of benzene rings is 1. The minimum atomic E-state index is -0.128. The number of carbonyl (C=O) groups is 1. The Balaban J connectivity index is 1.87. The second-order valence-electron chi connectivity index (χ2n) is 5.15. The average molecular weight is 332 g/mol. The highest BCUT2D eigenvalue weighted by molar-refractivity contribution is 6.37. The van der Waals surface area contributed by atoms with Crippen LogP contribution >= 0.6 is 23.2 Å². The molecule has 1 aromatic carbocycles. The monoisotopic (exact) mass is 331 g/mol. The maximum absolute atomic E-state index is 12.0. The molecule has 1 atom stereocenters. The molecule has 1 heterocycles. The third-order valence-electron chi connectivity index (χ3n) is 3.57. The van der Waals surface area contributed by atoms with Gasteiger partial charge < -0.3 is 20.7 Å². The first-order valence-electron chi connectivity index (χ1n) is 6.79. The van der Waals surface area contributed by atoms with Crippen LogP contribution in [0.5, 0.6) is 0 Å². The van der Waals surface area contributed by atoms with Crippen molar-refractivity contribution in [2.75, 3.05) is 37.9 Å². The van der Waals surface area contributed by atoms with Gasteiger partial charge in [-0.15, -0.1) is 0 Å². The van der Waals surface area contributed by atoms with E-state index >= 15 is 0 Å². The van der Waals surface area contributed by atoms with Gasteiger partial charge in [0.2, 0.25) is 5.91 Å². The second kappa shape index (κ2) is 7.31. The first-order chi connectivity index (χ1) is 9.97. The van der Waals surface area contributed by atoms with Crippen molar-refractivity contribution in [1.82, 2.24) is 4.90 Å². The van der Waals surface area contributed by atoms with E-state index in [1.54, 1.807) is 12.1 Å². The maximum atomic E-state index is 12.0. The Morgan fingerprint density at radius 3 is 2.90 bits per heavy atom. The lowest BCUT2D eigenvalue weighted by Gasteiger charge is -2.22. The van der Waals surface area contributed by atoms with E-state index in [4.69, 9.17) is 33.7 Å². The van der Waals surface area contributed by atoms with Crippen LogP contribution in [0.25, 0.3) is 0 Å². The Morgan fingerprint density at radius 2 is 2.29 bits per heavy atom. The zero-order chi connectivity index (χ0) is 15.4. The number of carbonyl (C=O) groups excluding carboxylic acids is 1. The van der Waals surface area contributed by atoms with Gasteiger partial charge in [-0.1, -0.05) is 23.2 Å². The third-order valence-corrected chi connectivity index (χ3v) is 4.09. The summed E-state index contributed by atoms with van der Waals surface area (Å²) in [5.74, 6) is -0.128. The van der Waals surface area contributed by atoms with E-state index in [-0.39, 0.29) is 5.91 Å². The Labute approximate surface area is 134 Å². The lowest BCUT2D eigenvalue weighted by molar-refractivity contribution is -0.116. The van der Waals surface area contributed by atoms with Crippen LogP contribution in [0.1, 0.15) is 12.8 Å². The van der Waals surface area contributed by atoms with Gasteiger partial charge in [-0.3, -0.25) is 4.79 Å². The zero-order valence-corrected chi connectivity index (χ0v) is 13.4. The highest BCUT2D eigenvalue weighted by Gasteiger charge is 2.20. The van der Waals surface area contributed by atoms with Crippen LogP contribution in [0.15, 0.2) is 12.1 Å². The van der Waals surface area contributed by atoms with Crippen molar-refractivity contribution in [2.45, 2.75) is 18.9 Å². The molecule has 21 heavy (non-hydrogen) atoms. The summed E-state index contributed by atoms with van der Waals surface area (Å²) in [5, 5.41) is 3.52. The van der Waals surface area contributed by atoms with Crippen molar-refractivity contribution in [3.63, 3.8) is 0 Å². The first-order valence-corrected chi connectivity index (χ1v) is 7.55. The Hall–Kier alpha value is -1.01. The van der Waals surface area contributed by atoms with Crippen molar-refractivity contribution in [3.8, 4) is 0 Å². The zero-order valence-electron chi connectivity index (χ0n) is 11.9. The number of likely N-dealkylation sites (N-methyl/N-ethyl adjacent to an activating group) is 1. The Bertz CT molecular complexity index is 496. The van der Waals surface area contributed by atoms with Crippen LogP contribution in [-0.2, 0) is 9.53 Å². The molecule has 1 saturated heterocycles. The number of nitrogen functional groups attached to an aromatic ring is 1. The lowest BCUT2D eigenvalue weighted by atomic mass is 10.2. The number of hydrogen-bond donors (Lipinski definition) is 2. The molecule has 1 amide bonds. The van der Waals surface area contributed by atoms with Crippen LogP contribution < -0.4 is 11.1 Å². The predicted molar refractivity (Wildman–Crippen MR) is 86.0 cm³/mol. The molecular weight excluding hydrogens is 313 g/mol. The molecule has 0 spiro atoms. The number of nitrogens with one attached hydrogen (secondary N) is 1. The molecule has 0 radical (unpaired) electrons. The van der Waals surface area contributed by atoms with Gasteiger partial charge in [0.15, 0.2) is 0 Å². The van der Waals surface area contributed by atoms with Gasteiger partial charge in [0.25, 0.3) is 0 Å². The SMILES string of the molecule is CN(CCC(=O)Nc1c(N)cc(Cl)cc1Cl)C1CCOC1. The van der Waals surface area contributed by atoms with Crippen molar-refractivity contribution >= 4 is 40.5 Å². The van der Waals surface area contributed by atoms with Crippen LogP contribution in [0, 0.1) is 0 Å². The number of anilines is 2. The minimum absolute atomic E-state index is 0.128. The molecule has 2 rings (SSSR count). The van der Waals surface area contributed by atoms with Crippen LogP contribution in [0.4, 0.5) is 11.4 Å². The van der Waals surface area contributed by atoms with Crippen molar-refractivity contribution < 1.29 is 9.53 Å². The van der Waals surface area contributed by atoms with Crippen molar-refractivity contribution in [2.24, 2.45) is 0 Å². The highest BCUT2D eigenvalue weighted by atomic mass is 35.5. The van der Waals surface area contributed by atoms with Gasteiger partial charge in [0.05, 0.1) is 23.0 Å². The van der Waals surface area contributed by atoms with Gasteiger partial charge in [-0.2, -0.15) is 0 Å². The second-order valence-corrected chi connectivity index (χ2v) is 5.99. The molecule has 1 unspecified atom stereocenters. The topological polar surface area (TPSA) is 67.6 Å². The van der Waals surface area contributed by atoms with Crippen LogP contribution in [-0.4, -0.2) is 43.7 Å². The van der Waals surface area contributed by atoms with E-state index in [0.29, 0.717) is 40.4 Å². The third kappa shape index (κ3) is 4.48. The van der Waals surface area contributed by atoms with Crippen LogP contribution in [0.3, 0.4) is 0 Å². The van der Waals surface area contributed by atoms with E-state index in [2.05, 4.69) is 10.2 Å². The molecule has 5 nitrogen and oxygen atoms in total. The van der Waals surface area contributed by atoms with Gasteiger partial charge in [0.1, 0.15) is 0 Å². The predicted octanol–water partition coefficient (Wildman–Crippen LogP) is 2.62. The molecule has 0 aromatic heterocycles. The van der Waals surface area contributed by atoms with Crippen LogP contribution in [0.2, 0.25) is 10.0 Å². The number of rotatable bonds is 5. The van der Waals surface area contributed by atoms with E-state index < -0.39 is 0 Å². The Kier molecular flexibility index (Phi) is 5.70. The summed E-state index contributed by atoms with van der Waals surface area (Å²) < 4.78 is 5.33. The summed E-state index contributed by atoms with van der Waals surface area (Å²) in [6.07, 6.45) is 1.37. The number of amides is 1. The summed E-state index contributed by atoms with van der Waals surface area (Å²) in [6, 6.07) is 3.50. The molecule has 1 fully saturated rings. The first kappa shape index (κ1) is 16.4. The molecule has 0 saturated carbocycles. The number of hydrogen-bond acceptors (Lipinski definition) is 4. The summed E-state index contributed by atoms with van der Waals surface area (Å²) in [6.45, 7) is 2.18. The number of nitrogens with zero attached hydrogens (tertiary/aromatic N) is 1. The molecule has 1 aliphatic rings. The van der Waals surface area contributed by atoms with E-state index in [0.717, 1.165) is 19.6 Å². The fourth-order valence-corrected chi connectivity index (χ4v) is 2.81.